The number of benzene rings is 1. The van der Waals surface area contributed by atoms with Crippen LogP contribution >= 0.6 is 0 Å². The molecule has 0 bridgehead atoms. The summed E-state index contributed by atoms with van der Waals surface area (Å²) in [6.45, 7) is 1.26. The molecule has 1 saturated carbocycles. The van der Waals surface area contributed by atoms with E-state index in [2.05, 4.69) is 5.10 Å². The average Bonchev–Trinajstić information content (AvgIpc) is 3.41. The molecule has 1 aliphatic carbocycles. The van der Waals surface area contributed by atoms with E-state index in [1.54, 1.807) is 39.5 Å². The van der Waals surface area contributed by atoms with Crippen LogP contribution in [0.5, 0.6) is 11.5 Å². The predicted octanol–water partition coefficient (Wildman–Crippen LogP) is 2.73. The fourth-order valence-electron chi connectivity index (χ4n) is 4.81. The van der Waals surface area contributed by atoms with Gasteiger partial charge >= 0.3 is 5.69 Å². The normalized spacial score (nSPS) is 19.8. The Hall–Kier alpha value is -2.77. The molecule has 162 valence electrons. The van der Waals surface area contributed by atoms with Gasteiger partial charge in [-0.05, 0) is 43.9 Å². The Kier molecular flexibility index (Phi) is 5.83. The number of hydrogen-bond donors (Lipinski definition) is 0. The van der Waals surface area contributed by atoms with Gasteiger partial charge in [-0.2, -0.15) is 5.10 Å². The summed E-state index contributed by atoms with van der Waals surface area (Å²) in [4.78, 5) is 27.8. The van der Waals surface area contributed by atoms with Crippen molar-refractivity contribution in [2.75, 3.05) is 27.3 Å². The van der Waals surface area contributed by atoms with Crippen molar-refractivity contribution >= 4 is 5.91 Å². The van der Waals surface area contributed by atoms with Crippen LogP contribution in [0.4, 0.5) is 0 Å². The molecule has 0 radical (unpaired) electrons. The van der Waals surface area contributed by atoms with Gasteiger partial charge in [0.05, 0.1) is 14.2 Å². The van der Waals surface area contributed by atoms with Gasteiger partial charge in [-0.15, -0.1) is 0 Å². The van der Waals surface area contributed by atoms with Crippen molar-refractivity contribution in [2.45, 2.75) is 50.5 Å². The minimum Gasteiger partial charge on any atom is -0.493 e. The lowest BCUT2D eigenvalue weighted by molar-refractivity contribution is 0.0702. The van der Waals surface area contributed by atoms with Crippen molar-refractivity contribution in [3.8, 4) is 11.5 Å². The number of rotatable bonds is 5. The molecule has 0 N–H and O–H groups in total. The molecule has 8 heteroatoms. The number of nitrogens with zero attached hydrogens (tertiary/aromatic N) is 4. The van der Waals surface area contributed by atoms with Crippen LogP contribution in [-0.4, -0.2) is 52.5 Å². The first-order valence-electron chi connectivity index (χ1n) is 10.7. The van der Waals surface area contributed by atoms with E-state index in [1.165, 1.54) is 4.68 Å². The number of carbonyl (C=O) groups is 1. The number of carbonyl (C=O) groups excluding carboxylic acids is 1. The van der Waals surface area contributed by atoms with Crippen LogP contribution in [0.1, 0.15) is 66.7 Å². The number of methoxy groups -OCH3 is 2. The lowest BCUT2D eigenvalue weighted by atomic mass is 9.96. The number of amides is 1. The van der Waals surface area contributed by atoms with Gasteiger partial charge in [0.25, 0.3) is 5.91 Å². The van der Waals surface area contributed by atoms with Gasteiger partial charge in [-0.25, -0.2) is 9.48 Å². The summed E-state index contributed by atoms with van der Waals surface area (Å²) in [5, 5.41) is 4.59. The third-order valence-corrected chi connectivity index (χ3v) is 6.38. The number of hydrogen-bond acceptors (Lipinski definition) is 5. The molecule has 1 saturated heterocycles. The van der Waals surface area contributed by atoms with E-state index in [1.807, 2.05) is 9.47 Å². The minimum absolute atomic E-state index is 0.0358. The lowest BCUT2D eigenvalue weighted by Gasteiger charge is -2.33. The molecule has 1 aliphatic heterocycles. The molecule has 2 aliphatic rings. The summed E-state index contributed by atoms with van der Waals surface area (Å²) in [5.41, 5.74) is 0.530. The summed E-state index contributed by atoms with van der Waals surface area (Å²) < 4.78 is 14.0. The molecule has 1 amide bonds. The van der Waals surface area contributed by atoms with Crippen LogP contribution in [0.25, 0.3) is 0 Å². The molecule has 4 rings (SSSR count). The maximum atomic E-state index is 13.2. The van der Waals surface area contributed by atoms with Crippen LogP contribution in [-0.2, 0) is 7.05 Å². The molecule has 30 heavy (non-hydrogen) atoms. The molecule has 1 aromatic carbocycles. The zero-order chi connectivity index (χ0) is 21.3. The van der Waals surface area contributed by atoms with Gasteiger partial charge < -0.3 is 14.4 Å². The summed E-state index contributed by atoms with van der Waals surface area (Å²) >= 11 is 0. The van der Waals surface area contributed by atoms with Crippen molar-refractivity contribution in [3.63, 3.8) is 0 Å². The maximum Gasteiger partial charge on any atom is 0.345 e. The standard InChI is InChI=1S/C22H30N4O4/c1-24-22(28)26(17-8-4-5-9-17)20(23-24)16-7-6-12-25(14-16)21(27)15-10-11-18(29-2)19(13-15)30-3/h10-11,13,16-17H,4-9,12,14H2,1-3H3. The summed E-state index contributed by atoms with van der Waals surface area (Å²) in [6.07, 6.45) is 6.18. The van der Waals surface area contributed by atoms with Crippen LogP contribution in [0.3, 0.4) is 0 Å². The molecule has 2 heterocycles. The van der Waals surface area contributed by atoms with E-state index in [4.69, 9.17) is 9.47 Å². The fourth-order valence-corrected chi connectivity index (χ4v) is 4.81. The number of aromatic nitrogens is 3. The Morgan fingerprint density at radius 3 is 2.50 bits per heavy atom. The van der Waals surface area contributed by atoms with E-state index in [-0.39, 0.29) is 23.6 Å². The Bertz CT molecular complexity index is 974. The molecular weight excluding hydrogens is 384 g/mol. The fraction of sp³-hybridized carbons (Fsp3) is 0.591. The van der Waals surface area contributed by atoms with Crippen LogP contribution in [0, 0.1) is 0 Å². The number of piperidine rings is 1. The SMILES string of the molecule is COc1ccc(C(=O)N2CCCC(c3nn(C)c(=O)n3C3CCCC3)C2)cc1OC. The van der Waals surface area contributed by atoms with Crippen LogP contribution in [0.15, 0.2) is 23.0 Å². The maximum absolute atomic E-state index is 13.2. The highest BCUT2D eigenvalue weighted by Gasteiger charge is 2.32. The number of ether oxygens (including phenoxy) is 2. The quantitative estimate of drug-likeness (QED) is 0.752. The van der Waals surface area contributed by atoms with Gasteiger partial charge in [0.2, 0.25) is 0 Å². The molecule has 2 fully saturated rings. The van der Waals surface area contributed by atoms with Crippen molar-refractivity contribution in [1.82, 2.24) is 19.2 Å². The molecule has 1 unspecified atom stereocenters. The molecular formula is C22H30N4O4. The Morgan fingerprint density at radius 1 is 1.07 bits per heavy atom. The Labute approximate surface area is 176 Å². The minimum atomic E-state index is -0.0414. The second kappa shape index (κ2) is 8.53. The van der Waals surface area contributed by atoms with Crippen molar-refractivity contribution in [1.29, 1.82) is 0 Å². The van der Waals surface area contributed by atoms with E-state index in [0.29, 0.717) is 30.2 Å². The highest BCUT2D eigenvalue weighted by atomic mass is 16.5. The van der Waals surface area contributed by atoms with E-state index < -0.39 is 0 Å². The smallest absolute Gasteiger partial charge is 0.345 e. The third kappa shape index (κ3) is 3.70. The highest BCUT2D eigenvalue weighted by molar-refractivity contribution is 5.95. The molecule has 2 aromatic rings. The van der Waals surface area contributed by atoms with Gasteiger partial charge in [0.1, 0.15) is 5.82 Å². The zero-order valence-corrected chi connectivity index (χ0v) is 18.0. The summed E-state index contributed by atoms with van der Waals surface area (Å²) in [5.74, 6) is 2.00. The van der Waals surface area contributed by atoms with Crippen LogP contribution < -0.4 is 15.2 Å². The first-order chi connectivity index (χ1) is 14.5. The van der Waals surface area contributed by atoms with E-state index >= 15 is 0 Å². The molecule has 8 nitrogen and oxygen atoms in total. The monoisotopic (exact) mass is 414 g/mol. The molecule has 1 atom stereocenters. The van der Waals surface area contributed by atoms with E-state index in [0.717, 1.165) is 44.3 Å². The first-order valence-corrected chi connectivity index (χ1v) is 10.7. The average molecular weight is 415 g/mol. The van der Waals surface area contributed by atoms with Gasteiger partial charge in [0.15, 0.2) is 11.5 Å². The third-order valence-electron chi connectivity index (χ3n) is 6.38. The molecule has 0 spiro atoms. The Balaban J connectivity index is 1.58. The second-order valence-electron chi connectivity index (χ2n) is 8.23. The van der Waals surface area contributed by atoms with E-state index in [9.17, 15) is 9.59 Å². The lowest BCUT2D eigenvalue weighted by Crippen LogP contribution is -2.40. The predicted molar refractivity (Wildman–Crippen MR) is 112 cm³/mol. The van der Waals surface area contributed by atoms with Gasteiger partial charge in [0, 0.05) is 37.7 Å². The Morgan fingerprint density at radius 2 is 1.80 bits per heavy atom. The van der Waals surface area contributed by atoms with Gasteiger partial charge in [-0.1, -0.05) is 12.8 Å². The summed E-state index contributed by atoms with van der Waals surface area (Å²) in [7, 11) is 4.85. The molecule has 1 aromatic heterocycles. The van der Waals surface area contributed by atoms with Crippen molar-refractivity contribution in [2.24, 2.45) is 7.05 Å². The van der Waals surface area contributed by atoms with Crippen molar-refractivity contribution < 1.29 is 14.3 Å². The number of aryl methyl sites for hydroxylation is 1. The van der Waals surface area contributed by atoms with Crippen LogP contribution in [0.2, 0.25) is 0 Å². The first kappa shape index (κ1) is 20.5. The van der Waals surface area contributed by atoms with Gasteiger partial charge in [-0.3, -0.25) is 9.36 Å². The second-order valence-corrected chi connectivity index (χ2v) is 8.23. The number of likely N-dealkylation sites (tertiary alicyclic amines) is 1. The highest BCUT2D eigenvalue weighted by Crippen LogP contribution is 2.34. The topological polar surface area (TPSA) is 78.6 Å². The zero-order valence-electron chi connectivity index (χ0n) is 18.0. The summed E-state index contributed by atoms with van der Waals surface area (Å²) in [6, 6.07) is 5.48. The van der Waals surface area contributed by atoms with Crippen molar-refractivity contribution in [3.05, 3.63) is 40.1 Å². The largest absolute Gasteiger partial charge is 0.493 e.